The summed E-state index contributed by atoms with van der Waals surface area (Å²) in [4.78, 5) is 16.4. The van der Waals surface area contributed by atoms with Gasteiger partial charge in [-0.2, -0.15) is 0 Å². The number of aliphatic hydroxyl groups is 1. The van der Waals surface area contributed by atoms with Gasteiger partial charge in [0.25, 0.3) is 0 Å². The zero-order valence-corrected chi connectivity index (χ0v) is 13.9. The molecule has 2 N–H and O–H groups in total. The average Bonchev–Trinajstić information content (AvgIpc) is 2.65. The number of ether oxygens (including phenoxy) is 2. The zero-order valence-electron chi connectivity index (χ0n) is 13.9. The number of nitrogens with zero attached hydrogens (tertiary/aromatic N) is 1. The molecule has 2 heterocycles. The van der Waals surface area contributed by atoms with Gasteiger partial charge in [0.2, 0.25) is 5.91 Å². The summed E-state index contributed by atoms with van der Waals surface area (Å²) in [5.41, 5.74) is 1.56. The molecule has 1 aliphatic rings. The van der Waals surface area contributed by atoms with Crippen molar-refractivity contribution in [1.29, 1.82) is 0 Å². The van der Waals surface area contributed by atoms with Gasteiger partial charge < -0.3 is 19.9 Å². The van der Waals surface area contributed by atoms with Crippen molar-refractivity contribution in [2.24, 2.45) is 0 Å². The number of aromatic nitrogens is 1. The molecule has 1 amide bonds. The van der Waals surface area contributed by atoms with Gasteiger partial charge in [0.15, 0.2) is 0 Å². The fraction of sp³-hybridized carbons (Fsp3) is 0.368. The van der Waals surface area contributed by atoms with Crippen LogP contribution in [0.2, 0.25) is 0 Å². The molecular weight excluding hydrogens is 320 g/mol. The molecule has 6 nitrogen and oxygen atoms in total. The summed E-state index contributed by atoms with van der Waals surface area (Å²) in [6, 6.07) is 12.6. The predicted octanol–water partition coefficient (Wildman–Crippen LogP) is 1.47. The SMILES string of the molecule is O=C(Cc1ccccn1)N[C@@H]1COCC[C@H]1Oc1ccc(CO)cc1. The van der Waals surface area contributed by atoms with Crippen LogP contribution in [0.1, 0.15) is 17.7 Å². The van der Waals surface area contributed by atoms with Gasteiger partial charge in [-0.15, -0.1) is 0 Å². The quantitative estimate of drug-likeness (QED) is 0.831. The summed E-state index contributed by atoms with van der Waals surface area (Å²) in [5.74, 6) is 0.617. The van der Waals surface area contributed by atoms with Crippen LogP contribution in [-0.4, -0.2) is 41.4 Å². The fourth-order valence-electron chi connectivity index (χ4n) is 2.77. The lowest BCUT2D eigenvalue weighted by Crippen LogP contribution is -2.52. The van der Waals surface area contributed by atoms with E-state index >= 15 is 0 Å². The standard InChI is InChI=1S/C19H22N2O4/c22-12-14-4-6-16(7-5-14)25-18-8-10-24-13-17(18)21-19(23)11-15-3-1-2-9-20-15/h1-7,9,17-18,22H,8,10-13H2,(H,21,23)/t17-,18-/m1/s1. The average molecular weight is 342 g/mol. The summed E-state index contributed by atoms with van der Waals surface area (Å²) in [7, 11) is 0. The van der Waals surface area contributed by atoms with E-state index in [1.807, 2.05) is 42.5 Å². The highest BCUT2D eigenvalue weighted by molar-refractivity contribution is 5.78. The Morgan fingerprint density at radius 3 is 2.84 bits per heavy atom. The van der Waals surface area contributed by atoms with E-state index in [-0.39, 0.29) is 31.1 Å². The molecule has 0 saturated carbocycles. The first-order valence-electron chi connectivity index (χ1n) is 8.38. The van der Waals surface area contributed by atoms with E-state index in [4.69, 9.17) is 14.6 Å². The molecule has 0 aliphatic carbocycles. The van der Waals surface area contributed by atoms with E-state index in [1.54, 1.807) is 6.20 Å². The minimum atomic E-state index is -0.206. The predicted molar refractivity (Wildman–Crippen MR) is 92.1 cm³/mol. The maximum Gasteiger partial charge on any atom is 0.226 e. The van der Waals surface area contributed by atoms with Crippen LogP contribution >= 0.6 is 0 Å². The van der Waals surface area contributed by atoms with Gasteiger partial charge >= 0.3 is 0 Å². The third kappa shape index (κ3) is 5.01. The smallest absolute Gasteiger partial charge is 0.226 e. The highest BCUT2D eigenvalue weighted by Crippen LogP contribution is 2.19. The number of hydrogen-bond acceptors (Lipinski definition) is 5. The van der Waals surface area contributed by atoms with Crippen LogP contribution in [-0.2, 0) is 22.6 Å². The van der Waals surface area contributed by atoms with Crippen molar-refractivity contribution in [3.8, 4) is 5.75 Å². The Kier molecular flexibility index (Phi) is 5.98. The van der Waals surface area contributed by atoms with Gasteiger partial charge in [0, 0.05) is 18.3 Å². The molecule has 0 bridgehead atoms. The zero-order chi connectivity index (χ0) is 17.5. The number of aliphatic hydroxyl groups excluding tert-OH is 1. The van der Waals surface area contributed by atoms with Crippen molar-refractivity contribution in [2.45, 2.75) is 31.6 Å². The molecule has 6 heteroatoms. The van der Waals surface area contributed by atoms with Crippen LogP contribution in [0.4, 0.5) is 0 Å². The first kappa shape index (κ1) is 17.4. The Bertz CT molecular complexity index is 676. The molecule has 1 aromatic heterocycles. The Morgan fingerprint density at radius 2 is 2.12 bits per heavy atom. The van der Waals surface area contributed by atoms with Crippen LogP contribution in [0.15, 0.2) is 48.7 Å². The van der Waals surface area contributed by atoms with E-state index in [2.05, 4.69) is 10.3 Å². The summed E-state index contributed by atoms with van der Waals surface area (Å²) >= 11 is 0. The molecule has 2 atom stereocenters. The van der Waals surface area contributed by atoms with Crippen LogP contribution in [0.5, 0.6) is 5.75 Å². The number of pyridine rings is 1. The van der Waals surface area contributed by atoms with Gasteiger partial charge in [-0.1, -0.05) is 18.2 Å². The first-order chi connectivity index (χ1) is 12.2. The molecule has 132 valence electrons. The van der Waals surface area contributed by atoms with Crippen LogP contribution < -0.4 is 10.1 Å². The maximum absolute atomic E-state index is 12.3. The van der Waals surface area contributed by atoms with Crippen molar-refractivity contribution in [3.05, 3.63) is 59.9 Å². The fourth-order valence-corrected chi connectivity index (χ4v) is 2.77. The third-order valence-corrected chi connectivity index (χ3v) is 4.10. The van der Waals surface area contributed by atoms with Crippen molar-refractivity contribution < 1.29 is 19.4 Å². The van der Waals surface area contributed by atoms with Gasteiger partial charge in [0.05, 0.1) is 32.3 Å². The Balaban J connectivity index is 1.59. The molecule has 1 aromatic carbocycles. The van der Waals surface area contributed by atoms with Gasteiger partial charge in [0.1, 0.15) is 11.9 Å². The van der Waals surface area contributed by atoms with Crippen LogP contribution in [0.3, 0.4) is 0 Å². The number of carbonyl (C=O) groups is 1. The second-order valence-electron chi connectivity index (χ2n) is 5.99. The lowest BCUT2D eigenvalue weighted by atomic mass is 10.1. The van der Waals surface area contributed by atoms with Crippen LogP contribution in [0.25, 0.3) is 0 Å². The van der Waals surface area contributed by atoms with Gasteiger partial charge in [-0.25, -0.2) is 0 Å². The van der Waals surface area contributed by atoms with E-state index in [0.717, 1.165) is 11.3 Å². The largest absolute Gasteiger partial charge is 0.488 e. The van der Waals surface area contributed by atoms with Crippen molar-refractivity contribution in [3.63, 3.8) is 0 Å². The number of rotatable bonds is 6. The van der Waals surface area contributed by atoms with Crippen molar-refractivity contribution in [2.75, 3.05) is 13.2 Å². The molecule has 0 spiro atoms. The van der Waals surface area contributed by atoms with Crippen molar-refractivity contribution in [1.82, 2.24) is 10.3 Å². The highest BCUT2D eigenvalue weighted by atomic mass is 16.5. The van der Waals surface area contributed by atoms with Crippen molar-refractivity contribution >= 4 is 5.91 Å². The number of hydrogen-bond donors (Lipinski definition) is 2. The molecule has 25 heavy (non-hydrogen) atoms. The number of nitrogens with one attached hydrogen (secondary N) is 1. The normalized spacial score (nSPS) is 20.0. The first-order valence-corrected chi connectivity index (χ1v) is 8.38. The summed E-state index contributed by atoms with van der Waals surface area (Å²) < 4.78 is 11.5. The molecule has 2 aromatic rings. The number of benzene rings is 1. The Morgan fingerprint density at radius 1 is 1.28 bits per heavy atom. The lowest BCUT2D eigenvalue weighted by Gasteiger charge is -2.32. The third-order valence-electron chi connectivity index (χ3n) is 4.10. The second kappa shape index (κ2) is 8.60. The second-order valence-corrected chi connectivity index (χ2v) is 5.99. The topological polar surface area (TPSA) is 80.7 Å². The lowest BCUT2D eigenvalue weighted by molar-refractivity contribution is -0.123. The molecule has 1 aliphatic heterocycles. The maximum atomic E-state index is 12.3. The number of carbonyl (C=O) groups excluding carboxylic acids is 1. The molecule has 1 saturated heterocycles. The Hall–Kier alpha value is -2.44. The summed E-state index contributed by atoms with van der Waals surface area (Å²) in [5, 5.41) is 12.1. The minimum Gasteiger partial charge on any atom is -0.488 e. The Labute approximate surface area is 146 Å². The number of amides is 1. The highest BCUT2D eigenvalue weighted by Gasteiger charge is 2.29. The minimum absolute atomic E-state index is 0.00372. The summed E-state index contributed by atoms with van der Waals surface area (Å²) in [6.45, 7) is 1.03. The van der Waals surface area contributed by atoms with E-state index in [9.17, 15) is 4.79 Å². The summed E-state index contributed by atoms with van der Waals surface area (Å²) in [6.07, 6.45) is 2.46. The molecule has 1 fully saturated rings. The molecule has 0 unspecified atom stereocenters. The van der Waals surface area contributed by atoms with E-state index in [0.29, 0.717) is 25.4 Å². The monoisotopic (exact) mass is 342 g/mol. The van der Waals surface area contributed by atoms with Crippen LogP contribution in [0, 0.1) is 0 Å². The van der Waals surface area contributed by atoms with Gasteiger partial charge in [-0.3, -0.25) is 9.78 Å². The van der Waals surface area contributed by atoms with E-state index in [1.165, 1.54) is 0 Å². The molecule has 0 radical (unpaired) electrons. The van der Waals surface area contributed by atoms with E-state index < -0.39 is 0 Å². The van der Waals surface area contributed by atoms with Gasteiger partial charge in [-0.05, 0) is 29.8 Å². The molecule has 3 rings (SSSR count). The molecular formula is C19H22N2O4.